The van der Waals surface area contributed by atoms with E-state index in [4.69, 9.17) is 12.2 Å². The summed E-state index contributed by atoms with van der Waals surface area (Å²) in [6.45, 7) is 3.02. The first-order chi connectivity index (χ1) is 15.1. The van der Waals surface area contributed by atoms with Crippen molar-refractivity contribution < 1.29 is 9.59 Å². The molecule has 0 spiro atoms. The molecule has 31 heavy (non-hydrogen) atoms. The molecule has 7 nitrogen and oxygen atoms in total. The van der Waals surface area contributed by atoms with E-state index in [1.165, 1.54) is 10.3 Å². The summed E-state index contributed by atoms with van der Waals surface area (Å²) in [6, 6.07) is 17.4. The van der Waals surface area contributed by atoms with Gasteiger partial charge in [-0.05, 0) is 42.9 Å². The van der Waals surface area contributed by atoms with Gasteiger partial charge in [-0.3, -0.25) is 9.59 Å². The van der Waals surface area contributed by atoms with E-state index in [0.29, 0.717) is 31.7 Å². The minimum atomic E-state index is -0.469. The van der Waals surface area contributed by atoms with Gasteiger partial charge in [-0.1, -0.05) is 30.3 Å². The zero-order valence-corrected chi connectivity index (χ0v) is 17.8. The van der Waals surface area contributed by atoms with Crippen molar-refractivity contribution in [2.45, 2.75) is 18.9 Å². The molecule has 3 heterocycles. The lowest BCUT2D eigenvalue weighted by molar-refractivity contribution is -0.131. The normalized spacial score (nSPS) is 18.2. The van der Waals surface area contributed by atoms with Crippen molar-refractivity contribution >= 4 is 46.4 Å². The fourth-order valence-corrected chi connectivity index (χ4v) is 4.62. The molecular formula is C23H23N5O2S. The molecular weight excluding hydrogens is 410 g/mol. The summed E-state index contributed by atoms with van der Waals surface area (Å²) in [6.07, 6.45) is 0.753. The van der Waals surface area contributed by atoms with Crippen molar-refractivity contribution in [1.29, 1.82) is 0 Å². The predicted molar refractivity (Wildman–Crippen MR) is 123 cm³/mol. The predicted octanol–water partition coefficient (Wildman–Crippen LogP) is 3.33. The van der Waals surface area contributed by atoms with E-state index >= 15 is 0 Å². The van der Waals surface area contributed by atoms with Crippen LogP contribution in [-0.4, -0.2) is 58.5 Å². The summed E-state index contributed by atoms with van der Waals surface area (Å²) in [4.78, 5) is 34.3. The Morgan fingerprint density at radius 2 is 1.74 bits per heavy atom. The number of benzene rings is 2. The highest BCUT2D eigenvalue weighted by molar-refractivity contribution is 7.71. The molecule has 0 saturated carbocycles. The SMILES string of the molecule is O=C(CCC1Nc2c3ccccc3nc(=S)n2C1=O)N1CCN(c2ccccc2)CC1. The van der Waals surface area contributed by atoms with Gasteiger partial charge in [0.15, 0.2) is 0 Å². The quantitative estimate of drug-likeness (QED) is 0.637. The van der Waals surface area contributed by atoms with Crippen LogP contribution in [0.3, 0.4) is 0 Å². The number of piperazine rings is 1. The molecule has 158 valence electrons. The second kappa shape index (κ2) is 8.11. The molecule has 2 aliphatic rings. The van der Waals surface area contributed by atoms with Crippen LogP contribution in [0.4, 0.5) is 11.5 Å². The molecule has 0 aliphatic carbocycles. The number of anilines is 2. The minimum Gasteiger partial charge on any atom is -0.368 e. The van der Waals surface area contributed by atoms with Gasteiger partial charge in [-0.2, -0.15) is 0 Å². The average molecular weight is 434 g/mol. The fourth-order valence-electron chi connectivity index (χ4n) is 4.34. The van der Waals surface area contributed by atoms with Crippen LogP contribution in [0.25, 0.3) is 10.9 Å². The van der Waals surface area contributed by atoms with Crippen molar-refractivity contribution in [3.05, 3.63) is 59.4 Å². The third-order valence-corrected chi connectivity index (χ3v) is 6.29. The number of carbonyl (C=O) groups is 2. The van der Waals surface area contributed by atoms with E-state index in [0.717, 1.165) is 24.0 Å². The maximum absolute atomic E-state index is 12.9. The first-order valence-electron chi connectivity index (χ1n) is 10.5. The number of rotatable bonds is 4. The summed E-state index contributed by atoms with van der Waals surface area (Å²) in [7, 11) is 0. The summed E-state index contributed by atoms with van der Waals surface area (Å²) >= 11 is 5.34. The standard InChI is InChI=1S/C23H23N5O2S/c29-20(27-14-12-26(13-15-27)16-6-2-1-3-7-16)11-10-19-22(30)28-21(24-19)17-8-4-5-9-18(17)25-23(28)31/h1-9,19,24H,10-15H2. The lowest BCUT2D eigenvalue weighted by Crippen LogP contribution is -2.49. The van der Waals surface area contributed by atoms with Crippen LogP contribution in [0.5, 0.6) is 0 Å². The number of nitrogens with zero attached hydrogens (tertiary/aromatic N) is 4. The van der Waals surface area contributed by atoms with Gasteiger partial charge in [0.05, 0.1) is 5.52 Å². The van der Waals surface area contributed by atoms with Crippen LogP contribution in [0.15, 0.2) is 54.6 Å². The highest BCUT2D eigenvalue weighted by atomic mass is 32.1. The Labute approximate surface area is 185 Å². The first-order valence-corrected chi connectivity index (χ1v) is 10.9. The van der Waals surface area contributed by atoms with Crippen molar-refractivity contribution in [2.24, 2.45) is 0 Å². The molecule has 5 rings (SSSR count). The van der Waals surface area contributed by atoms with E-state index in [2.05, 4.69) is 27.3 Å². The lowest BCUT2D eigenvalue weighted by Gasteiger charge is -2.36. The molecule has 0 bridgehead atoms. The van der Waals surface area contributed by atoms with Crippen LogP contribution in [0.2, 0.25) is 0 Å². The monoisotopic (exact) mass is 433 g/mol. The number of fused-ring (bicyclic) bond motifs is 3. The molecule has 2 aliphatic heterocycles. The lowest BCUT2D eigenvalue weighted by atomic mass is 10.1. The van der Waals surface area contributed by atoms with Gasteiger partial charge in [-0.25, -0.2) is 9.55 Å². The Bertz CT molecular complexity index is 1200. The second-order valence-corrected chi connectivity index (χ2v) is 8.24. The molecule has 1 amide bonds. The van der Waals surface area contributed by atoms with Gasteiger partial charge < -0.3 is 15.1 Å². The Morgan fingerprint density at radius 1 is 1.03 bits per heavy atom. The number of hydrogen-bond acceptors (Lipinski definition) is 6. The number of hydrogen-bond donors (Lipinski definition) is 1. The third kappa shape index (κ3) is 3.67. The molecule has 1 saturated heterocycles. The number of para-hydroxylation sites is 2. The highest BCUT2D eigenvalue weighted by Gasteiger charge is 2.32. The summed E-state index contributed by atoms with van der Waals surface area (Å²) in [5, 5.41) is 4.14. The van der Waals surface area contributed by atoms with E-state index < -0.39 is 6.04 Å². The van der Waals surface area contributed by atoms with Gasteiger partial charge in [-0.15, -0.1) is 0 Å². The van der Waals surface area contributed by atoms with E-state index in [1.54, 1.807) is 0 Å². The van der Waals surface area contributed by atoms with Crippen molar-refractivity contribution in [2.75, 3.05) is 36.4 Å². The smallest absolute Gasteiger partial charge is 0.257 e. The number of nitrogens with one attached hydrogen (secondary N) is 1. The Balaban J connectivity index is 1.21. The van der Waals surface area contributed by atoms with Crippen LogP contribution < -0.4 is 10.2 Å². The minimum absolute atomic E-state index is 0.0878. The van der Waals surface area contributed by atoms with Crippen molar-refractivity contribution in [3.63, 3.8) is 0 Å². The van der Waals surface area contributed by atoms with Crippen molar-refractivity contribution in [1.82, 2.24) is 14.5 Å². The van der Waals surface area contributed by atoms with Gasteiger partial charge in [0.1, 0.15) is 11.9 Å². The number of amides is 1. The number of carbonyl (C=O) groups excluding carboxylic acids is 2. The average Bonchev–Trinajstić information content (AvgIpc) is 3.15. The molecule has 3 aromatic rings. The van der Waals surface area contributed by atoms with Crippen LogP contribution in [-0.2, 0) is 4.79 Å². The largest absolute Gasteiger partial charge is 0.368 e. The Morgan fingerprint density at radius 3 is 2.52 bits per heavy atom. The zero-order valence-electron chi connectivity index (χ0n) is 17.0. The van der Waals surface area contributed by atoms with Gasteiger partial charge in [0.25, 0.3) is 5.91 Å². The third-order valence-electron chi connectivity index (χ3n) is 6.02. The van der Waals surface area contributed by atoms with Gasteiger partial charge >= 0.3 is 0 Å². The topological polar surface area (TPSA) is 70.5 Å². The molecule has 1 unspecified atom stereocenters. The summed E-state index contributed by atoms with van der Waals surface area (Å²) in [5.74, 6) is 0.624. The maximum Gasteiger partial charge on any atom is 0.257 e. The van der Waals surface area contributed by atoms with E-state index in [1.807, 2.05) is 47.4 Å². The molecule has 2 aromatic carbocycles. The first kappa shape index (κ1) is 19.7. The molecule has 0 radical (unpaired) electrons. The zero-order chi connectivity index (χ0) is 21.4. The molecule has 1 aromatic heterocycles. The van der Waals surface area contributed by atoms with E-state index in [9.17, 15) is 9.59 Å². The fraction of sp³-hybridized carbons (Fsp3) is 0.304. The summed E-state index contributed by atoms with van der Waals surface area (Å²) in [5.41, 5.74) is 1.94. The molecule has 1 fully saturated rings. The number of aromatic nitrogens is 2. The molecule has 1 N–H and O–H groups in total. The van der Waals surface area contributed by atoms with E-state index in [-0.39, 0.29) is 16.6 Å². The van der Waals surface area contributed by atoms with Crippen molar-refractivity contribution in [3.8, 4) is 0 Å². The van der Waals surface area contributed by atoms with Gasteiger partial charge in [0.2, 0.25) is 10.7 Å². The molecule has 1 atom stereocenters. The van der Waals surface area contributed by atoms with Crippen LogP contribution in [0.1, 0.15) is 17.6 Å². The maximum atomic E-state index is 12.9. The molecule has 8 heteroatoms. The Hall–Kier alpha value is -3.26. The Kier molecular flexibility index (Phi) is 5.15. The second-order valence-electron chi connectivity index (χ2n) is 7.87. The highest BCUT2D eigenvalue weighted by Crippen LogP contribution is 2.29. The van der Waals surface area contributed by atoms with Crippen LogP contribution >= 0.6 is 12.2 Å². The van der Waals surface area contributed by atoms with Gasteiger partial charge in [0, 0.05) is 43.7 Å². The summed E-state index contributed by atoms with van der Waals surface area (Å²) < 4.78 is 1.71. The van der Waals surface area contributed by atoms with Crippen LogP contribution in [0, 0.1) is 4.77 Å².